The van der Waals surface area contributed by atoms with Gasteiger partial charge in [0.05, 0.1) is 25.4 Å². The maximum Gasteiger partial charge on any atom is 0.0924 e. The summed E-state index contributed by atoms with van der Waals surface area (Å²) in [6.07, 6.45) is 0. The van der Waals surface area contributed by atoms with E-state index >= 15 is 0 Å². The fourth-order valence-electron chi connectivity index (χ4n) is 0.955. The highest BCUT2D eigenvalue weighted by atomic mass is 16.5. The second-order valence-corrected chi connectivity index (χ2v) is 2.75. The molecule has 0 spiro atoms. The molecule has 0 aliphatic carbocycles. The van der Waals surface area contributed by atoms with Crippen molar-refractivity contribution in [3.05, 3.63) is 0 Å². The number of hydrogen-bond acceptors (Lipinski definition) is 3. The Morgan fingerprint density at radius 3 is 2.67 bits per heavy atom. The molecular formula is C6H12O3. The van der Waals surface area contributed by atoms with E-state index in [4.69, 9.17) is 9.84 Å². The molecule has 0 bridgehead atoms. The van der Waals surface area contributed by atoms with Crippen LogP contribution in [0.4, 0.5) is 0 Å². The van der Waals surface area contributed by atoms with Crippen molar-refractivity contribution in [1.29, 1.82) is 0 Å². The van der Waals surface area contributed by atoms with E-state index in [0.717, 1.165) is 0 Å². The molecule has 3 nitrogen and oxygen atoms in total. The first-order valence-electron chi connectivity index (χ1n) is 3.08. The lowest BCUT2D eigenvalue weighted by molar-refractivity contribution is 0.00299. The van der Waals surface area contributed by atoms with Crippen LogP contribution < -0.4 is 0 Å². The largest absolute Gasteiger partial charge is 0.396 e. The molecular weight excluding hydrogens is 120 g/mol. The third kappa shape index (κ3) is 1.23. The Morgan fingerprint density at radius 2 is 2.44 bits per heavy atom. The Bertz CT molecular complexity index is 100. The molecule has 0 aromatic rings. The summed E-state index contributed by atoms with van der Waals surface area (Å²) in [7, 11) is 0. The van der Waals surface area contributed by atoms with Crippen molar-refractivity contribution in [3.63, 3.8) is 0 Å². The first-order chi connectivity index (χ1) is 4.17. The van der Waals surface area contributed by atoms with Crippen molar-refractivity contribution in [2.45, 2.75) is 12.5 Å². The Labute approximate surface area is 54.3 Å². The summed E-state index contributed by atoms with van der Waals surface area (Å²) in [6.45, 7) is 2.51. The molecule has 1 fully saturated rings. The molecule has 1 aliphatic heterocycles. The van der Waals surface area contributed by atoms with Gasteiger partial charge in [-0.2, -0.15) is 0 Å². The van der Waals surface area contributed by atoms with Crippen LogP contribution in [0.15, 0.2) is 0 Å². The van der Waals surface area contributed by atoms with Gasteiger partial charge < -0.3 is 14.9 Å². The molecule has 0 aromatic heterocycles. The third-order valence-electron chi connectivity index (χ3n) is 1.81. The number of rotatable bonds is 1. The molecule has 0 amide bonds. The van der Waals surface area contributed by atoms with E-state index in [9.17, 15) is 5.11 Å². The van der Waals surface area contributed by atoms with Crippen molar-refractivity contribution >= 4 is 0 Å². The number of aliphatic hydroxyl groups excluding tert-OH is 1. The predicted octanol–water partition coefficient (Wildman–Crippen LogP) is -0.624. The Hall–Kier alpha value is -0.120. The Balaban J connectivity index is 2.52. The summed E-state index contributed by atoms with van der Waals surface area (Å²) < 4.78 is 4.95. The molecule has 9 heavy (non-hydrogen) atoms. The minimum absolute atomic E-state index is 0.00694. The summed E-state index contributed by atoms with van der Waals surface area (Å²) in [4.78, 5) is 0. The molecule has 3 heteroatoms. The highest BCUT2D eigenvalue weighted by Gasteiger charge is 2.37. The zero-order valence-corrected chi connectivity index (χ0v) is 5.50. The number of hydrogen-bond donors (Lipinski definition) is 2. The molecule has 1 aliphatic rings. The van der Waals surface area contributed by atoms with E-state index in [2.05, 4.69) is 0 Å². The molecule has 1 rings (SSSR count). The van der Waals surface area contributed by atoms with Crippen LogP contribution in [0, 0.1) is 5.92 Å². The second kappa shape index (κ2) is 2.25. The highest BCUT2D eigenvalue weighted by Crippen LogP contribution is 2.23. The maximum atomic E-state index is 9.37. The van der Waals surface area contributed by atoms with Gasteiger partial charge in [-0.05, 0) is 6.92 Å². The Kier molecular flexibility index (Phi) is 1.75. The van der Waals surface area contributed by atoms with Crippen LogP contribution in [0.25, 0.3) is 0 Å². The van der Waals surface area contributed by atoms with Gasteiger partial charge in [-0.25, -0.2) is 0 Å². The van der Waals surface area contributed by atoms with Crippen molar-refractivity contribution < 1.29 is 14.9 Å². The average molecular weight is 132 g/mol. The summed E-state index contributed by atoms with van der Waals surface area (Å²) >= 11 is 0. The molecule has 2 atom stereocenters. The van der Waals surface area contributed by atoms with E-state index in [1.807, 2.05) is 0 Å². The highest BCUT2D eigenvalue weighted by molar-refractivity contribution is 4.85. The molecule has 54 valence electrons. The molecule has 0 saturated carbocycles. The van der Waals surface area contributed by atoms with Gasteiger partial charge in [-0.3, -0.25) is 0 Å². The summed E-state index contributed by atoms with van der Waals surface area (Å²) in [5.74, 6) is -0.0995. The van der Waals surface area contributed by atoms with E-state index in [0.29, 0.717) is 13.2 Å². The van der Waals surface area contributed by atoms with Crippen molar-refractivity contribution in [1.82, 2.24) is 0 Å². The van der Waals surface area contributed by atoms with E-state index in [1.54, 1.807) is 6.92 Å². The van der Waals surface area contributed by atoms with Gasteiger partial charge in [0.15, 0.2) is 0 Å². The smallest absolute Gasteiger partial charge is 0.0924 e. The minimum atomic E-state index is -0.811. The lowest BCUT2D eigenvalue weighted by atomic mass is 9.94. The molecule has 0 radical (unpaired) electrons. The van der Waals surface area contributed by atoms with E-state index in [-0.39, 0.29) is 12.5 Å². The first kappa shape index (κ1) is 6.99. The first-order valence-corrected chi connectivity index (χ1v) is 3.08. The topological polar surface area (TPSA) is 49.7 Å². The van der Waals surface area contributed by atoms with Crippen LogP contribution in [0.5, 0.6) is 0 Å². The summed E-state index contributed by atoms with van der Waals surface area (Å²) in [5.41, 5.74) is -0.811. The lowest BCUT2D eigenvalue weighted by Gasteiger charge is -2.20. The standard InChI is InChI=1S/C6H12O3/c1-6(8)4-9-3-5(6)2-7/h5,7-8H,2-4H2,1H3. The zero-order chi connectivity index (χ0) is 6.91. The molecule has 1 saturated heterocycles. The number of ether oxygens (including phenoxy) is 1. The van der Waals surface area contributed by atoms with Crippen molar-refractivity contribution in [3.8, 4) is 0 Å². The SMILES string of the molecule is CC1(O)COCC1CO. The predicted molar refractivity (Wildman–Crippen MR) is 32.0 cm³/mol. The van der Waals surface area contributed by atoms with Crippen LogP contribution >= 0.6 is 0 Å². The molecule has 2 N–H and O–H groups in total. The fraction of sp³-hybridized carbons (Fsp3) is 1.00. The Morgan fingerprint density at radius 1 is 1.78 bits per heavy atom. The summed E-state index contributed by atoms with van der Waals surface area (Å²) in [6, 6.07) is 0. The van der Waals surface area contributed by atoms with Gasteiger partial charge in [0.25, 0.3) is 0 Å². The normalized spacial score (nSPS) is 43.7. The minimum Gasteiger partial charge on any atom is -0.396 e. The van der Waals surface area contributed by atoms with Gasteiger partial charge in [0.1, 0.15) is 0 Å². The van der Waals surface area contributed by atoms with Crippen molar-refractivity contribution in [2.24, 2.45) is 5.92 Å². The molecule has 0 aromatic carbocycles. The van der Waals surface area contributed by atoms with E-state index in [1.165, 1.54) is 0 Å². The monoisotopic (exact) mass is 132 g/mol. The van der Waals surface area contributed by atoms with Gasteiger partial charge in [0.2, 0.25) is 0 Å². The van der Waals surface area contributed by atoms with Gasteiger partial charge in [0, 0.05) is 5.92 Å². The maximum absolute atomic E-state index is 9.37. The van der Waals surface area contributed by atoms with Gasteiger partial charge >= 0.3 is 0 Å². The van der Waals surface area contributed by atoms with Gasteiger partial charge in [-0.15, -0.1) is 0 Å². The van der Waals surface area contributed by atoms with E-state index < -0.39 is 5.60 Å². The fourth-order valence-corrected chi connectivity index (χ4v) is 0.955. The molecule has 2 unspecified atom stereocenters. The number of aliphatic hydroxyl groups is 2. The average Bonchev–Trinajstić information content (AvgIpc) is 2.08. The van der Waals surface area contributed by atoms with Crippen LogP contribution in [0.3, 0.4) is 0 Å². The van der Waals surface area contributed by atoms with Crippen LogP contribution in [-0.4, -0.2) is 35.6 Å². The summed E-state index contributed by atoms with van der Waals surface area (Å²) in [5, 5.41) is 18.0. The van der Waals surface area contributed by atoms with Crippen LogP contribution in [0.1, 0.15) is 6.92 Å². The van der Waals surface area contributed by atoms with Crippen molar-refractivity contribution in [2.75, 3.05) is 19.8 Å². The molecule has 1 heterocycles. The van der Waals surface area contributed by atoms with Crippen LogP contribution in [-0.2, 0) is 4.74 Å². The van der Waals surface area contributed by atoms with Gasteiger partial charge in [-0.1, -0.05) is 0 Å². The quantitative estimate of drug-likeness (QED) is 0.499. The van der Waals surface area contributed by atoms with Crippen LogP contribution in [0.2, 0.25) is 0 Å². The zero-order valence-electron chi connectivity index (χ0n) is 5.50. The second-order valence-electron chi connectivity index (χ2n) is 2.75. The lowest BCUT2D eigenvalue weighted by Crippen LogP contribution is -2.35. The third-order valence-corrected chi connectivity index (χ3v) is 1.81.